The van der Waals surface area contributed by atoms with E-state index in [4.69, 9.17) is 16.3 Å². The normalized spacial score (nSPS) is 23.9. The summed E-state index contributed by atoms with van der Waals surface area (Å²) >= 11 is 6.62. The van der Waals surface area contributed by atoms with Gasteiger partial charge in [-0.1, -0.05) is 24.4 Å². The first kappa shape index (κ1) is 24.5. The monoisotopic (exact) mass is 512 g/mol. The molecule has 1 aromatic carbocycles. The zero-order chi connectivity index (χ0) is 25.2. The number of nitrogens with zero attached hydrogens (tertiary/aromatic N) is 4. The van der Waals surface area contributed by atoms with Crippen molar-refractivity contribution < 1.29 is 24.2 Å². The number of carboxylic acid groups (broad SMARTS) is 1. The molecule has 0 bridgehead atoms. The summed E-state index contributed by atoms with van der Waals surface area (Å²) in [4.78, 5) is 50.4. The molecular formula is C26H29ClN4O5. The molecule has 2 amide bonds. The van der Waals surface area contributed by atoms with Crippen molar-refractivity contribution in [1.82, 2.24) is 19.8 Å². The standard InChI is InChI=1S/C26H29ClN4O5/c27-20-7-8-21(36-14-16-12-28-15-29-13-16)23-19(20)9-11-31(24(23)30-10-3-6-22(30)32)25(33)17-4-1-2-5-18(17)26(34)35/h7-8,12-13,15,17-18,24H,1-6,9-11,14H2,(H,34,35)/t17-,18+,24?/m1/s1. The zero-order valence-electron chi connectivity index (χ0n) is 19.9. The average Bonchev–Trinajstić information content (AvgIpc) is 3.33. The van der Waals surface area contributed by atoms with Gasteiger partial charge in [-0.15, -0.1) is 0 Å². The lowest BCUT2D eigenvalue weighted by molar-refractivity contribution is -0.157. The van der Waals surface area contributed by atoms with Gasteiger partial charge in [-0.05, 0) is 43.4 Å². The van der Waals surface area contributed by atoms with Crippen LogP contribution in [0.25, 0.3) is 0 Å². The summed E-state index contributed by atoms with van der Waals surface area (Å²) in [6.45, 7) is 1.09. The molecule has 1 aromatic heterocycles. The minimum Gasteiger partial charge on any atom is -0.488 e. The summed E-state index contributed by atoms with van der Waals surface area (Å²) in [5.74, 6) is -1.96. The van der Waals surface area contributed by atoms with Crippen LogP contribution in [0, 0.1) is 11.8 Å². The summed E-state index contributed by atoms with van der Waals surface area (Å²) in [5, 5.41) is 10.4. The van der Waals surface area contributed by atoms with Crippen LogP contribution in [0.5, 0.6) is 5.75 Å². The van der Waals surface area contributed by atoms with E-state index < -0.39 is 24.0 Å². The highest BCUT2D eigenvalue weighted by Crippen LogP contribution is 2.45. The van der Waals surface area contributed by atoms with E-state index in [0.29, 0.717) is 61.5 Å². The highest BCUT2D eigenvalue weighted by atomic mass is 35.5. The fourth-order valence-corrected chi connectivity index (χ4v) is 6.03. The van der Waals surface area contributed by atoms with Crippen molar-refractivity contribution in [2.75, 3.05) is 13.1 Å². The molecule has 0 radical (unpaired) electrons. The molecule has 5 rings (SSSR count). The van der Waals surface area contributed by atoms with Crippen LogP contribution < -0.4 is 4.74 Å². The molecule has 3 heterocycles. The van der Waals surface area contributed by atoms with Gasteiger partial charge >= 0.3 is 5.97 Å². The zero-order valence-corrected chi connectivity index (χ0v) is 20.7. The van der Waals surface area contributed by atoms with E-state index in [1.54, 1.807) is 34.3 Å². The molecule has 2 aliphatic heterocycles. The Kier molecular flexibility index (Phi) is 7.09. The van der Waals surface area contributed by atoms with E-state index in [2.05, 4.69) is 9.97 Å². The first-order chi connectivity index (χ1) is 17.5. The molecule has 190 valence electrons. The second kappa shape index (κ2) is 10.4. The van der Waals surface area contributed by atoms with Crippen molar-refractivity contribution in [3.63, 3.8) is 0 Å². The number of halogens is 1. The number of benzene rings is 1. The predicted octanol–water partition coefficient (Wildman–Crippen LogP) is 3.61. The maximum absolute atomic E-state index is 14.0. The average molecular weight is 513 g/mol. The number of aliphatic carboxylic acids is 1. The van der Waals surface area contributed by atoms with Crippen molar-refractivity contribution in [3.8, 4) is 5.75 Å². The van der Waals surface area contributed by atoms with E-state index in [1.165, 1.54) is 6.33 Å². The lowest BCUT2D eigenvalue weighted by Crippen LogP contribution is -2.52. The Balaban J connectivity index is 1.54. The number of hydrogen-bond donors (Lipinski definition) is 1. The molecule has 10 heteroatoms. The van der Waals surface area contributed by atoms with Gasteiger partial charge in [0.1, 0.15) is 24.8 Å². The van der Waals surface area contributed by atoms with Gasteiger partial charge in [0.05, 0.1) is 11.8 Å². The first-order valence-electron chi connectivity index (χ1n) is 12.5. The Labute approximate surface area is 214 Å². The number of carbonyl (C=O) groups is 3. The number of carbonyl (C=O) groups excluding carboxylic acids is 2. The molecule has 1 saturated carbocycles. The van der Waals surface area contributed by atoms with Crippen LogP contribution in [0.1, 0.15) is 61.4 Å². The number of carboxylic acids is 1. The number of ether oxygens (including phenoxy) is 1. The molecule has 1 saturated heterocycles. The Morgan fingerprint density at radius 3 is 2.50 bits per heavy atom. The SMILES string of the molecule is O=C(O)[C@H]1CCCC[C@H]1C(=O)N1CCc2c(Cl)ccc(OCc3cncnc3)c2C1N1CCCC1=O. The minimum atomic E-state index is -0.934. The van der Waals surface area contributed by atoms with Crippen LogP contribution in [0.4, 0.5) is 0 Å². The summed E-state index contributed by atoms with van der Waals surface area (Å²) in [7, 11) is 0. The van der Waals surface area contributed by atoms with Crippen LogP contribution >= 0.6 is 11.6 Å². The topological polar surface area (TPSA) is 113 Å². The number of likely N-dealkylation sites (tertiary alicyclic amines) is 1. The Morgan fingerprint density at radius 2 is 1.81 bits per heavy atom. The van der Waals surface area contributed by atoms with Crippen molar-refractivity contribution in [2.24, 2.45) is 11.8 Å². The van der Waals surface area contributed by atoms with Crippen LogP contribution in [-0.2, 0) is 27.4 Å². The van der Waals surface area contributed by atoms with Gasteiger partial charge in [0, 0.05) is 48.1 Å². The third kappa shape index (κ3) is 4.64. The maximum Gasteiger partial charge on any atom is 0.307 e. The third-order valence-corrected chi connectivity index (χ3v) is 7.87. The van der Waals surface area contributed by atoms with E-state index in [-0.39, 0.29) is 18.4 Å². The Morgan fingerprint density at radius 1 is 1.06 bits per heavy atom. The second-order valence-corrected chi connectivity index (χ2v) is 10.1. The summed E-state index contributed by atoms with van der Waals surface area (Å²) in [6, 6.07) is 3.55. The molecule has 36 heavy (non-hydrogen) atoms. The molecule has 3 atom stereocenters. The summed E-state index contributed by atoms with van der Waals surface area (Å²) in [5.41, 5.74) is 2.34. The van der Waals surface area contributed by atoms with Gasteiger partial charge in [0.2, 0.25) is 11.8 Å². The minimum absolute atomic E-state index is 0.0357. The molecule has 9 nitrogen and oxygen atoms in total. The third-order valence-electron chi connectivity index (χ3n) is 7.51. The second-order valence-electron chi connectivity index (χ2n) is 9.65. The molecular weight excluding hydrogens is 484 g/mol. The molecule has 3 aliphatic rings. The number of aromatic nitrogens is 2. The van der Waals surface area contributed by atoms with Crippen LogP contribution in [0.2, 0.25) is 5.02 Å². The number of rotatable bonds is 6. The van der Waals surface area contributed by atoms with Crippen molar-refractivity contribution in [1.29, 1.82) is 0 Å². The summed E-state index contributed by atoms with van der Waals surface area (Å²) < 4.78 is 6.19. The largest absolute Gasteiger partial charge is 0.488 e. The van der Waals surface area contributed by atoms with Gasteiger partial charge in [-0.2, -0.15) is 0 Å². The van der Waals surface area contributed by atoms with Crippen LogP contribution in [0.15, 0.2) is 30.9 Å². The van der Waals surface area contributed by atoms with Gasteiger partial charge < -0.3 is 19.6 Å². The van der Waals surface area contributed by atoms with E-state index in [0.717, 1.165) is 24.0 Å². The molecule has 1 N–H and O–H groups in total. The lowest BCUT2D eigenvalue weighted by atomic mass is 9.78. The molecule has 1 aliphatic carbocycles. The fourth-order valence-electron chi connectivity index (χ4n) is 5.77. The van der Waals surface area contributed by atoms with Gasteiger partial charge in [-0.25, -0.2) is 9.97 Å². The molecule has 2 aromatic rings. The van der Waals surface area contributed by atoms with Crippen molar-refractivity contribution in [3.05, 3.63) is 52.6 Å². The molecule has 2 fully saturated rings. The van der Waals surface area contributed by atoms with Crippen molar-refractivity contribution in [2.45, 2.75) is 57.7 Å². The summed E-state index contributed by atoms with van der Waals surface area (Å²) in [6.07, 6.45) is 8.34. The smallest absolute Gasteiger partial charge is 0.307 e. The van der Waals surface area contributed by atoms with E-state index in [9.17, 15) is 19.5 Å². The van der Waals surface area contributed by atoms with Gasteiger partial charge in [0.25, 0.3) is 0 Å². The fraction of sp³-hybridized carbons (Fsp3) is 0.500. The van der Waals surface area contributed by atoms with Gasteiger partial charge in [-0.3, -0.25) is 14.4 Å². The Hall–Kier alpha value is -3.20. The molecule has 0 spiro atoms. The predicted molar refractivity (Wildman–Crippen MR) is 130 cm³/mol. The number of fused-ring (bicyclic) bond motifs is 1. The lowest BCUT2D eigenvalue weighted by Gasteiger charge is -2.45. The van der Waals surface area contributed by atoms with E-state index in [1.807, 2.05) is 0 Å². The van der Waals surface area contributed by atoms with Crippen LogP contribution in [-0.4, -0.2) is 55.7 Å². The van der Waals surface area contributed by atoms with E-state index >= 15 is 0 Å². The van der Waals surface area contributed by atoms with Crippen LogP contribution in [0.3, 0.4) is 0 Å². The van der Waals surface area contributed by atoms with Crippen molar-refractivity contribution >= 4 is 29.4 Å². The highest BCUT2D eigenvalue weighted by Gasteiger charge is 2.45. The number of hydrogen-bond acceptors (Lipinski definition) is 6. The maximum atomic E-state index is 14.0. The molecule has 1 unspecified atom stereocenters. The number of amides is 2. The van der Waals surface area contributed by atoms with Gasteiger partial charge in [0.15, 0.2) is 0 Å². The quantitative estimate of drug-likeness (QED) is 0.629. The highest BCUT2D eigenvalue weighted by molar-refractivity contribution is 6.31. The Bertz CT molecular complexity index is 1160. The first-order valence-corrected chi connectivity index (χ1v) is 12.8.